The summed E-state index contributed by atoms with van der Waals surface area (Å²) in [6.07, 6.45) is 3.07. The SMILES string of the molecule is CC(C)NC(=O)NC(=O)CN1C(=O)N[C@](C)(c2ccc3c(c2)CCC3)C1=O. The smallest absolute Gasteiger partial charge is 0.325 e. The molecule has 0 bridgehead atoms. The minimum absolute atomic E-state index is 0.141. The molecule has 1 aromatic rings. The fourth-order valence-corrected chi connectivity index (χ4v) is 3.53. The predicted molar refractivity (Wildman–Crippen MR) is 97.9 cm³/mol. The minimum Gasteiger partial charge on any atom is -0.336 e. The van der Waals surface area contributed by atoms with Crippen molar-refractivity contribution in [3.05, 3.63) is 34.9 Å². The summed E-state index contributed by atoms with van der Waals surface area (Å²) in [6, 6.07) is 4.35. The molecule has 0 aromatic heterocycles. The highest BCUT2D eigenvalue weighted by Crippen LogP contribution is 2.32. The number of amides is 6. The predicted octanol–water partition coefficient (Wildman–Crippen LogP) is 1.18. The molecule has 1 aromatic carbocycles. The van der Waals surface area contributed by atoms with E-state index < -0.39 is 36.0 Å². The van der Waals surface area contributed by atoms with Crippen molar-refractivity contribution in [3.63, 3.8) is 0 Å². The van der Waals surface area contributed by atoms with Gasteiger partial charge in [0, 0.05) is 6.04 Å². The first-order valence-electron chi connectivity index (χ1n) is 9.07. The fraction of sp³-hybridized carbons (Fsp3) is 0.474. The lowest BCUT2D eigenvalue weighted by Gasteiger charge is -2.23. The monoisotopic (exact) mass is 372 g/mol. The van der Waals surface area contributed by atoms with Gasteiger partial charge in [0.2, 0.25) is 5.91 Å². The Labute approximate surface area is 157 Å². The van der Waals surface area contributed by atoms with Gasteiger partial charge in [-0.25, -0.2) is 9.59 Å². The molecule has 2 aliphatic rings. The first-order chi connectivity index (χ1) is 12.7. The van der Waals surface area contributed by atoms with E-state index in [1.54, 1.807) is 20.8 Å². The van der Waals surface area contributed by atoms with Crippen LogP contribution in [-0.4, -0.2) is 41.4 Å². The lowest BCUT2D eigenvalue weighted by atomic mass is 9.89. The zero-order chi connectivity index (χ0) is 19.8. The standard InChI is InChI=1S/C19H24N4O4/c1-11(2)20-17(26)21-15(24)10-23-16(25)19(3,22-18(23)27)14-8-7-12-5-4-6-13(12)9-14/h7-9,11H,4-6,10H2,1-3H3,(H,22,27)(H2,20,21,24,26)/t19-/m1/s1. The Morgan fingerprint density at radius 1 is 1.22 bits per heavy atom. The lowest BCUT2D eigenvalue weighted by molar-refractivity contribution is -0.134. The average Bonchev–Trinajstić information content (AvgIpc) is 3.12. The first kappa shape index (κ1) is 18.9. The molecule has 8 nitrogen and oxygen atoms in total. The van der Waals surface area contributed by atoms with Crippen molar-refractivity contribution in [2.24, 2.45) is 0 Å². The van der Waals surface area contributed by atoms with E-state index in [2.05, 4.69) is 16.0 Å². The van der Waals surface area contributed by atoms with Crippen molar-refractivity contribution in [3.8, 4) is 0 Å². The molecule has 1 heterocycles. The van der Waals surface area contributed by atoms with E-state index >= 15 is 0 Å². The van der Waals surface area contributed by atoms with Gasteiger partial charge in [-0.2, -0.15) is 0 Å². The van der Waals surface area contributed by atoms with Gasteiger partial charge >= 0.3 is 12.1 Å². The molecule has 27 heavy (non-hydrogen) atoms. The van der Waals surface area contributed by atoms with Gasteiger partial charge in [-0.15, -0.1) is 0 Å². The number of rotatable bonds is 4. The second kappa shape index (κ2) is 7.02. The molecule has 0 spiro atoms. The number of hydrogen-bond donors (Lipinski definition) is 3. The number of aryl methyl sites for hydroxylation is 2. The summed E-state index contributed by atoms with van der Waals surface area (Å²) >= 11 is 0. The van der Waals surface area contributed by atoms with Crippen molar-refractivity contribution < 1.29 is 19.2 Å². The summed E-state index contributed by atoms with van der Waals surface area (Å²) in [5.41, 5.74) is 1.93. The highest BCUT2D eigenvalue weighted by molar-refractivity contribution is 6.10. The molecule has 144 valence electrons. The number of urea groups is 2. The van der Waals surface area contributed by atoms with Crippen molar-refractivity contribution in [2.45, 2.75) is 51.6 Å². The van der Waals surface area contributed by atoms with Gasteiger partial charge in [0.25, 0.3) is 5.91 Å². The Balaban J connectivity index is 1.73. The van der Waals surface area contributed by atoms with E-state index in [0.29, 0.717) is 5.56 Å². The first-order valence-corrected chi connectivity index (χ1v) is 9.07. The quantitative estimate of drug-likeness (QED) is 0.690. The lowest BCUT2D eigenvalue weighted by Crippen LogP contribution is -2.48. The third-order valence-corrected chi connectivity index (χ3v) is 4.93. The maximum absolute atomic E-state index is 12.9. The molecule has 1 aliphatic heterocycles. The third kappa shape index (κ3) is 3.65. The highest BCUT2D eigenvalue weighted by Gasteiger charge is 2.49. The molecule has 0 radical (unpaired) electrons. The number of carbonyl (C=O) groups is 4. The van der Waals surface area contributed by atoms with E-state index in [-0.39, 0.29) is 6.04 Å². The van der Waals surface area contributed by atoms with E-state index in [9.17, 15) is 19.2 Å². The third-order valence-electron chi connectivity index (χ3n) is 4.93. The van der Waals surface area contributed by atoms with Crippen LogP contribution in [0.3, 0.4) is 0 Å². The Morgan fingerprint density at radius 2 is 1.93 bits per heavy atom. The fourth-order valence-electron chi connectivity index (χ4n) is 3.53. The molecule has 3 rings (SSSR count). The van der Waals surface area contributed by atoms with Gasteiger partial charge < -0.3 is 10.6 Å². The summed E-state index contributed by atoms with van der Waals surface area (Å²) in [4.78, 5) is 49.7. The molecule has 3 N–H and O–H groups in total. The molecule has 1 saturated heterocycles. The van der Waals surface area contributed by atoms with Crippen molar-refractivity contribution in [1.82, 2.24) is 20.9 Å². The molecule has 0 unspecified atom stereocenters. The summed E-state index contributed by atoms with van der Waals surface area (Å²) in [5.74, 6) is -1.24. The van der Waals surface area contributed by atoms with Crippen LogP contribution in [0.5, 0.6) is 0 Å². The van der Waals surface area contributed by atoms with Crippen LogP contribution in [0.15, 0.2) is 18.2 Å². The molecule has 6 amide bonds. The van der Waals surface area contributed by atoms with Crippen LogP contribution >= 0.6 is 0 Å². The van der Waals surface area contributed by atoms with Crippen molar-refractivity contribution in [2.75, 3.05) is 6.54 Å². The Hall–Kier alpha value is -2.90. The maximum atomic E-state index is 12.9. The van der Waals surface area contributed by atoms with Crippen molar-refractivity contribution >= 4 is 23.9 Å². The number of imide groups is 2. The number of nitrogens with one attached hydrogen (secondary N) is 3. The average molecular weight is 372 g/mol. The Bertz CT molecular complexity index is 820. The molecule has 1 aliphatic carbocycles. The van der Waals surface area contributed by atoms with Crippen LogP contribution in [0, 0.1) is 0 Å². The van der Waals surface area contributed by atoms with Gasteiger partial charge in [0.15, 0.2) is 0 Å². The van der Waals surface area contributed by atoms with E-state index in [0.717, 1.165) is 24.2 Å². The molecular formula is C19H24N4O4. The summed E-state index contributed by atoms with van der Waals surface area (Å²) in [6.45, 7) is 4.62. The molecule has 1 fully saturated rings. The summed E-state index contributed by atoms with van der Waals surface area (Å²) < 4.78 is 0. The maximum Gasteiger partial charge on any atom is 0.325 e. The zero-order valence-electron chi connectivity index (χ0n) is 15.7. The highest BCUT2D eigenvalue weighted by atomic mass is 16.2. The summed E-state index contributed by atoms with van der Waals surface area (Å²) in [7, 11) is 0. The topological polar surface area (TPSA) is 108 Å². The second-order valence-corrected chi connectivity index (χ2v) is 7.46. The molecule has 0 saturated carbocycles. The van der Waals surface area contributed by atoms with Crippen LogP contribution in [0.25, 0.3) is 0 Å². The van der Waals surface area contributed by atoms with Crippen LogP contribution < -0.4 is 16.0 Å². The molecule has 1 atom stereocenters. The van der Waals surface area contributed by atoms with Crippen LogP contribution in [0.1, 0.15) is 43.9 Å². The minimum atomic E-state index is -1.23. The Kier molecular flexibility index (Phi) is 4.91. The van der Waals surface area contributed by atoms with Gasteiger partial charge in [-0.05, 0) is 56.7 Å². The molecular weight excluding hydrogens is 348 g/mol. The normalized spacial score (nSPS) is 21.3. The zero-order valence-corrected chi connectivity index (χ0v) is 15.7. The van der Waals surface area contributed by atoms with Crippen molar-refractivity contribution in [1.29, 1.82) is 0 Å². The van der Waals surface area contributed by atoms with E-state index in [1.165, 1.54) is 11.1 Å². The second-order valence-electron chi connectivity index (χ2n) is 7.46. The number of carbonyl (C=O) groups excluding carboxylic acids is 4. The van der Waals surface area contributed by atoms with Gasteiger partial charge in [-0.1, -0.05) is 18.2 Å². The Morgan fingerprint density at radius 3 is 2.63 bits per heavy atom. The van der Waals surface area contributed by atoms with Gasteiger partial charge in [-0.3, -0.25) is 19.8 Å². The molecule has 8 heteroatoms. The van der Waals surface area contributed by atoms with Gasteiger partial charge in [0.1, 0.15) is 12.1 Å². The van der Waals surface area contributed by atoms with Crippen LogP contribution in [-0.2, 0) is 28.0 Å². The van der Waals surface area contributed by atoms with Crippen LogP contribution in [0.4, 0.5) is 9.59 Å². The number of hydrogen-bond acceptors (Lipinski definition) is 4. The van der Waals surface area contributed by atoms with E-state index in [4.69, 9.17) is 0 Å². The number of nitrogens with zero attached hydrogens (tertiary/aromatic N) is 1. The number of benzene rings is 1. The largest absolute Gasteiger partial charge is 0.336 e. The van der Waals surface area contributed by atoms with E-state index in [1.807, 2.05) is 18.2 Å². The summed E-state index contributed by atoms with van der Waals surface area (Å²) in [5, 5.41) is 7.31. The van der Waals surface area contributed by atoms with Crippen LogP contribution in [0.2, 0.25) is 0 Å². The number of fused-ring (bicyclic) bond motifs is 1. The van der Waals surface area contributed by atoms with Gasteiger partial charge in [0.05, 0.1) is 0 Å².